The Balaban J connectivity index is 2.31. The maximum absolute atomic E-state index is 12.4. The first-order chi connectivity index (χ1) is 9.29. The van der Waals surface area contributed by atoms with Gasteiger partial charge in [-0.25, -0.2) is 8.42 Å². The van der Waals surface area contributed by atoms with Gasteiger partial charge in [-0.1, -0.05) is 6.07 Å². The molecule has 110 valence electrons. The van der Waals surface area contributed by atoms with Crippen LogP contribution in [-0.2, 0) is 14.6 Å². The number of rotatable bonds is 2. The van der Waals surface area contributed by atoms with Gasteiger partial charge in [-0.15, -0.1) is 0 Å². The van der Waals surface area contributed by atoms with Gasteiger partial charge in [0.2, 0.25) is 0 Å². The van der Waals surface area contributed by atoms with Gasteiger partial charge in [0.25, 0.3) is 5.91 Å². The minimum Gasteiger partial charge on any atom is -0.375 e. The van der Waals surface area contributed by atoms with Crippen molar-refractivity contribution in [2.45, 2.75) is 24.8 Å². The molecule has 0 radical (unpaired) electrons. The van der Waals surface area contributed by atoms with Gasteiger partial charge in [-0.2, -0.15) is 0 Å². The highest BCUT2D eigenvalue weighted by Crippen LogP contribution is 2.19. The standard InChI is InChI=1S/C14H19NO4S/c1-10-4-5-12(8-13(10)20(3,17)18)14(16)15-6-7-19-11(2)9-15/h4-5,8,11H,6-7,9H2,1-3H3/t11-/m1/s1. The molecule has 0 bridgehead atoms. The van der Waals surface area contributed by atoms with E-state index in [4.69, 9.17) is 4.74 Å². The lowest BCUT2D eigenvalue weighted by Gasteiger charge is -2.31. The molecule has 0 N–H and O–H groups in total. The average Bonchev–Trinajstić information content (AvgIpc) is 2.37. The van der Waals surface area contributed by atoms with Gasteiger partial charge >= 0.3 is 0 Å². The number of benzene rings is 1. The number of ether oxygens (including phenoxy) is 1. The maximum Gasteiger partial charge on any atom is 0.254 e. The SMILES string of the molecule is Cc1ccc(C(=O)N2CCO[C@H](C)C2)cc1S(C)(=O)=O. The second-order valence-corrected chi connectivity index (χ2v) is 7.17. The number of aryl methyl sites for hydroxylation is 1. The second kappa shape index (κ2) is 5.54. The molecule has 2 rings (SSSR count). The molecule has 0 saturated carbocycles. The van der Waals surface area contributed by atoms with Crippen molar-refractivity contribution < 1.29 is 17.9 Å². The van der Waals surface area contributed by atoms with Gasteiger partial charge in [-0.05, 0) is 31.5 Å². The Morgan fingerprint density at radius 1 is 1.40 bits per heavy atom. The summed E-state index contributed by atoms with van der Waals surface area (Å²) in [6.07, 6.45) is 1.16. The van der Waals surface area contributed by atoms with Crippen molar-refractivity contribution in [1.82, 2.24) is 4.90 Å². The Bertz CT molecular complexity index is 624. The summed E-state index contributed by atoms with van der Waals surface area (Å²) in [6.45, 7) is 5.21. The van der Waals surface area contributed by atoms with Crippen LogP contribution in [0.2, 0.25) is 0 Å². The van der Waals surface area contributed by atoms with Crippen molar-refractivity contribution in [3.05, 3.63) is 29.3 Å². The predicted octanol–water partition coefficient (Wildman–Crippen LogP) is 1.26. The van der Waals surface area contributed by atoms with E-state index in [9.17, 15) is 13.2 Å². The number of morpholine rings is 1. The fraction of sp³-hybridized carbons (Fsp3) is 0.500. The fourth-order valence-electron chi connectivity index (χ4n) is 2.32. The van der Waals surface area contributed by atoms with E-state index >= 15 is 0 Å². The molecule has 1 atom stereocenters. The number of hydrogen-bond donors (Lipinski definition) is 0. The summed E-state index contributed by atoms with van der Waals surface area (Å²) in [5.74, 6) is -0.148. The minimum atomic E-state index is -3.33. The lowest BCUT2D eigenvalue weighted by Crippen LogP contribution is -2.44. The van der Waals surface area contributed by atoms with Gasteiger partial charge in [0, 0.05) is 24.9 Å². The molecule has 5 nitrogen and oxygen atoms in total. The molecule has 20 heavy (non-hydrogen) atoms. The Hall–Kier alpha value is -1.40. The van der Waals surface area contributed by atoms with Crippen LogP contribution in [-0.4, -0.2) is 51.3 Å². The zero-order chi connectivity index (χ0) is 14.9. The van der Waals surface area contributed by atoms with E-state index in [1.807, 2.05) is 6.92 Å². The average molecular weight is 297 g/mol. The van der Waals surface area contributed by atoms with E-state index in [1.54, 1.807) is 24.0 Å². The van der Waals surface area contributed by atoms with Crippen molar-refractivity contribution >= 4 is 15.7 Å². The van der Waals surface area contributed by atoms with Crippen molar-refractivity contribution in [2.75, 3.05) is 26.0 Å². The third kappa shape index (κ3) is 3.19. The van der Waals surface area contributed by atoms with Crippen LogP contribution in [0.3, 0.4) is 0 Å². The summed E-state index contributed by atoms with van der Waals surface area (Å²) in [5.41, 5.74) is 1.06. The molecule has 1 amide bonds. The number of sulfone groups is 1. The van der Waals surface area contributed by atoms with Crippen LogP contribution in [0, 0.1) is 6.92 Å². The third-order valence-electron chi connectivity index (χ3n) is 3.36. The molecule has 6 heteroatoms. The highest BCUT2D eigenvalue weighted by atomic mass is 32.2. The van der Waals surface area contributed by atoms with Gasteiger partial charge < -0.3 is 9.64 Å². The number of carbonyl (C=O) groups excluding carboxylic acids is 1. The summed E-state index contributed by atoms with van der Waals surface area (Å²) in [4.78, 5) is 14.3. The van der Waals surface area contributed by atoms with Crippen LogP contribution in [0.4, 0.5) is 0 Å². The summed E-state index contributed by atoms with van der Waals surface area (Å²) in [7, 11) is -3.33. The molecule has 1 aromatic carbocycles. The zero-order valence-corrected chi connectivity index (χ0v) is 12.7. The molecular formula is C14H19NO4S. The van der Waals surface area contributed by atoms with E-state index < -0.39 is 9.84 Å². The molecule has 1 aliphatic heterocycles. The first-order valence-electron chi connectivity index (χ1n) is 6.50. The van der Waals surface area contributed by atoms with Gasteiger partial charge in [0.05, 0.1) is 17.6 Å². The number of hydrogen-bond acceptors (Lipinski definition) is 4. The topological polar surface area (TPSA) is 63.7 Å². The number of carbonyl (C=O) groups is 1. The van der Waals surface area contributed by atoms with Crippen LogP contribution in [0.25, 0.3) is 0 Å². The van der Waals surface area contributed by atoms with Crippen LogP contribution in [0.1, 0.15) is 22.8 Å². The van der Waals surface area contributed by atoms with Gasteiger partial charge in [0.15, 0.2) is 9.84 Å². The Morgan fingerprint density at radius 2 is 2.10 bits per heavy atom. The zero-order valence-electron chi connectivity index (χ0n) is 11.9. The van der Waals surface area contributed by atoms with Crippen molar-refractivity contribution in [1.29, 1.82) is 0 Å². The van der Waals surface area contributed by atoms with E-state index in [0.717, 1.165) is 6.26 Å². The van der Waals surface area contributed by atoms with Gasteiger partial charge in [0.1, 0.15) is 0 Å². The molecule has 1 fully saturated rings. The molecule has 0 aliphatic carbocycles. The molecule has 0 unspecified atom stereocenters. The summed E-state index contributed by atoms with van der Waals surface area (Å²) in [6, 6.07) is 4.81. The fourth-order valence-corrected chi connectivity index (χ4v) is 3.31. The van der Waals surface area contributed by atoms with Crippen LogP contribution in [0.15, 0.2) is 23.1 Å². The normalized spacial score (nSPS) is 19.9. The monoisotopic (exact) mass is 297 g/mol. The molecule has 1 heterocycles. The Labute approximate surface area is 119 Å². The molecule has 0 aromatic heterocycles. The molecule has 1 aliphatic rings. The molecule has 1 aromatic rings. The molecule has 0 spiro atoms. The Kier molecular flexibility index (Phi) is 4.15. The molecular weight excluding hydrogens is 278 g/mol. The van der Waals surface area contributed by atoms with Crippen molar-refractivity contribution in [3.63, 3.8) is 0 Å². The predicted molar refractivity (Wildman–Crippen MR) is 75.6 cm³/mol. The van der Waals surface area contributed by atoms with E-state index in [0.29, 0.717) is 30.8 Å². The summed E-state index contributed by atoms with van der Waals surface area (Å²) >= 11 is 0. The van der Waals surface area contributed by atoms with Crippen molar-refractivity contribution in [3.8, 4) is 0 Å². The quantitative estimate of drug-likeness (QED) is 0.824. The minimum absolute atomic E-state index is 0.00697. The van der Waals surface area contributed by atoms with Crippen LogP contribution >= 0.6 is 0 Å². The smallest absolute Gasteiger partial charge is 0.254 e. The van der Waals surface area contributed by atoms with Crippen LogP contribution < -0.4 is 0 Å². The Morgan fingerprint density at radius 3 is 2.70 bits per heavy atom. The largest absolute Gasteiger partial charge is 0.375 e. The summed E-state index contributed by atoms with van der Waals surface area (Å²) < 4.78 is 28.8. The lowest BCUT2D eigenvalue weighted by molar-refractivity contribution is -0.0124. The lowest BCUT2D eigenvalue weighted by atomic mass is 10.1. The highest BCUT2D eigenvalue weighted by molar-refractivity contribution is 7.90. The summed E-state index contributed by atoms with van der Waals surface area (Å²) in [5, 5.41) is 0. The van der Waals surface area contributed by atoms with E-state index in [-0.39, 0.29) is 16.9 Å². The molecule has 1 saturated heterocycles. The third-order valence-corrected chi connectivity index (χ3v) is 4.60. The number of nitrogens with zero attached hydrogens (tertiary/aromatic N) is 1. The van der Waals surface area contributed by atoms with Gasteiger partial charge in [-0.3, -0.25) is 4.79 Å². The highest BCUT2D eigenvalue weighted by Gasteiger charge is 2.23. The van der Waals surface area contributed by atoms with Crippen molar-refractivity contribution in [2.24, 2.45) is 0 Å². The van der Waals surface area contributed by atoms with E-state index in [1.165, 1.54) is 6.07 Å². The maximum atomic E-state index is 12.4. The first-order valence-corrected chi connectivity index (χ1v) is 8.40. The second-order valence-electron chi connectivity index (χ2n) is 5.19. The number of amides is 1. The van der Waals surface area contributed by atoms with E-state index in [2.05, 4.69) is 0 Å². The first kappa shape index (κ1) is 15.0. The van der Waals surface area contributed by atoms with Crippen LogP contribution in [0.5, 0.6) is 0 Å².